The summed E-state index contributed by atoms with van der Waals surface area (Å²) in [6.45, 7) is 4.12. The van der Waals surface area contributed by atoms with Crippen LogP contribution >= 0.6 is 0 Å². The Balaban J connectivity index is 2.38. The van der Waals surface area contributed by atoms with E-state index in [0.29, 0.717) is 30.2 Å². The minimum atomic E-state index is -3.57. The molecule has 1 N–H and O–H groups in total. The smallest absolute Gasteiger partial charge is 0.246 e. The first-order valence-corrected chi connectivity index (χ1v) is 8.62. The van der Waals surface area contributed by atoms with Crippen molar-refractivity contribution in [2.75, 3.05) is 13.1 Å². The number of aliphatic hydroxyl groups is 1. The molecule has 5 nitrogen and oxygen atoms in total. The lowest BCUT2D eigenvalue weighted by molar-refractivity contribution is 0.276. The molecule has 0 spiro atoms. The van der Waals surface area contributed by atoms with Gasteiger partial charge in [-0.1, -0.05) is 19.3 Å². The molecule has 0 saturated carbocycles. The van der Waals surface area contributed by atoms with Crippen molar-refractivity contribution in [1.82, 2.24) is 4.31 Å². The van der Waals surface area contributed by atoms with Gasteiger partial charge in [0.1, 0.15) is 16.4 Å². The third-order valence-corrected chi connectivity index (χ3v) is 5.99. The maximum Gasteiger partial charge on any atom is 0.246 e. The number of nitrogens with zero attached hydrogens (tertiary/aromatic N) is 1. The van der Waals surface area contributed by atoms with Crippen LogP contribution in [0.5, 0.6) is 0 Å². The second-order valence-corrected chi connectivity index (χ2v) is 7.23. The monoisotopic (exact) mass is 301 g/mol. The van der Waals surface area contributed by atoms with Crippen molar-refractivity contribution in [3.8, 4) is 0 Å². The minimum Gasteiger partial charge on any atom is -0.465 e. The molecule has 1 aromatic heterocycles. The third-order valence-electron chi connectivity index (χ3n) is 3.90. The van der Waals surface area contributed by atoms with Crippen LogP contribution in [-0.2, 0) is 16.6 Å². The molecule has 0 atom stereocenters. The van der Waals surface area contributed by atoms with E-state index in [2.05, 4.69) is 0 Å². The van der Waals surface area contributed by atoms with Crippen LogP contribution in [0.2, 0.25) is 0 Å². The maximum atomic E-state index is 12.8. The first kappa shape index (κ1) is 15.5. The first-order chi connectivity index (χ1) is 9.48. The van der Waals surface area contributed by atoms with Gasteiger partial charge in [0, 0.05) is 18.7 Å². The predicted molar refractivity (Wildman–Crippen MR) is 75.9 cm³/mol. The van der Waals surface area contributed by atoms with Crippen LogP contribution < -0.4 is 0 Å². The zero-order valence-corrected chi connectivity index (χ0v) is 13.0. The fraction of sp³-hybridized carbons (Fsp3) is 0.714. The maximum absolute atomic E-state index is 12.8. The zero-order chi connectivity index (χ0) is 14.8. The Labute approximate surface area is 120 Å². The van der Waals surface area contributed by atoms with Gasteiger partial charge in [-0.25, -0.2) is 8.42 Å². The SMILES string of the molecule is Cc1oc(C)c(S(=O)(=O)N2CCCCCCC2)c1CO. The molecule has 2 heterocycles. The standard InChI is InChI=1S/C14H23NO4S/c1-11-13(10-16)14(12(2)19-11)20(17,18)15-8-6-4-3-5-7-9-15/h16H,3-10H2,1-2H3. The van der Waals surface area contributed by atoms with Gasteiger partial charge in [-0.2, -0.15) is 4.31 Å². The molecule has 1 aliphatic heterocycles. The molecule has 0 bridgehead atoms. The molecule has 1 fully saturated rings. The van der Waals surface area contributed by atoms with Crippen molar-refractivity contribution in [2.45, 2.75) is 57.5 Å². The molecule has 0 aliphatic carbocycles. The van der Waals surface area contributed by atoms with E-state index in [1.165, 1.54) is 6.42 Å². The van der Waals surface area contributed by atoms with Gasteiger partial charge in [-0.15, -0.1) is 0 Å². The van der Waals surface area contributed by atoms with E-state index in [1.807, 2.05) is 0 Å². The fourth-order valence-electron chi connectivity index (χ4n) is 2.82. The summed E-state index contributed by atoms with van der Waals surface area (Å²) in [5.74, 6) is 0.851. The summed E-state index contributed by atoms with van der Waals surface area (Å²) in [6, 6.07) is 0. The van der Waals surface area contributed by atoms with Crippen LogP contribution in [0.1, 0.15) is 49.2 Å². The highest BCUT2D eigenvalue weighted by Gasteiger charge is 2.32. The van der Waals surface area contributed by atoms with Crippen molar-refractivity contribution < 1.29 is 17.9 Å². The molecule has 1 aliphatic rings. The first-order valence-electron chi connectivity index (χ1n) is 7.18. The highest BCUT2D eigenvalue weighted by atomic mass is 32.2. The van der Waals surface area contributed by atoms with Gasteiger partial charge in [0.05, 0.1) is 6.61 Å². The Morgan fingerprint density at radius 3 is 2.15 bits per heavy atom. The average molecular weight is 301 g/mol. The summed E-state index contributed by atoms with van der Waals surface area (Å²) in [5, 5.41) is 9.43. The quantitative estimate of drug-likeness (QED) is 0.930. The van der Waals surface area contributed by atoms with E-state index < -0.39 is 10.0 Å². The Kier molecular flexibility index (Phi) is 4.88. The van der Waals surface area contributed by atoms with E-state index in [9.17, 15) is 13.5 Å². The number of hydrogen-bond acceptors (Lipinski definition) is 4. The molecule has 6 heteroatoms. The summed E-state index contributed by atoms with van der Waals surface area (Å²) in [5.41, 5.74) is 0.393. The van der Waals surface area contributed by atoms with Crippen LogP contribution in [0, 0.1) is 13.8 Å². The van der Waals surface area contributed by atoms with Crippen LogP contribution in [-0.4, -0.2) is 30.9 Å². The highest BCUT2D eigenvalue weighted by molar-refractivity contribution is 7.89. The molecular formula is C14H23NO4S. The van der Waals surface area contributed by atoms with E-state index in [0.717, 1.165) is 25.7 Å². The van der Waals surface area contributed by atoms with Gasteiger partial charge in [-0.05, 0) is 26.7 Å². The van der Waals surface area contributed by atoms with E-state index in [4.69, 9.17) is 4.42 Å². The van der Waals surface area contributed by atoms with Crippen molar-refractivity contribution in [3.05, 3.63) is 17.1 Å². The molecule has 1 saturated heterocycles. The van der Waals surface area contributed by atoms with Gasteiger partial charge >= 0.3 is 0 Å². The average Bonchev–Trinajstić information content (AvgIpc) is 2.62. The molecule has 1 aromatic rings. The second kappa shape index (κ2) is 6.28. The van der Waals surface area contributed by atoms with Gasteiger partial charge < -0.3 is 9.52 Å². The number of sulfonamides is 1. The molecular weight excluding hydrogens is 278 g/mol. The molecule has 2 rings (SSSR count). The normalized spacial score (nSPS) is 18.8. The van der Waals surface area contributed by atoms with Crippen molar-refractivity contribution >= 4 is 10.0 Å². The lowest BCUT2D eigenvalue weighted by Gasteiger charge is -2.24. The van der Waals surface area contributed by atoms with E-state index in [1.54, 1.807) is 18.2 Å². The highest BCUT2D eigenvalue weighted by Crippen LogP contribution is 2.30. The number of aliphatic hydroxyl groups excluding tert-OH is 1. The Bertz CT molecular complexity index is 554. The summed E-state index contributed by atoms with van der Waals surface area (Å²) >= 11 is 0. The number of aryl methyl sites for hydroxylation is 2. The Morgan fingerprint density at radius 2 is 1.60 bits per heavy atom. The minimum absolute atomic E-state index is 0.165. The Hall–Kier alpha value is -0.850. The Morgan fingerprint density at radius 1 is 1.05 bits per heavy atom. The summed E-state index contributed by atoms with van der Waals surface area (Å²) in [4.78, 5) is 0.165. The summed E-state index contributed by atoms with van der Waals surface area (Å²) < 4.78 is 32.6. The summed E-state index contributed by atoms with van der Waals surface area (Å²) in [6.07, 6.45) is 5.11. The van der Waals surface area contributed by atoms with Gasteiger partial charge in [0.25, 0.3) is 0 Å². The van der Waals surface area contributed by atoms with E-state index in [-0.39, 0.29) is 11.5 Å². The van der Waals surface area contributed by atoms with Gasteiger partial charge in [-0.3, -0.25) is 0 Å². The third kappa shape index (κ3) is 2.92. The molecule has 0 aromatic carbocycles. The number of furan rings is 1. The zero-order valence-electron chi connectivity index (χ0n) is 12.2. The van der Waals surface area contributed by atoms with Crippen molar-refractivity contribution in [3.63, 3.8) is 0 Å². The lowest BCUT2D eigenvalue weighted by Crippen LogP contribution is -2.34. The number of rotatable bonds is 3. The molecule has 0 amide bonds. The second-order valence-electron chi connectivity index (χ2n) is 5.35. The van der Waals surface area contributed by atoms with Crippen LogP contribution in [0.3, 0.4) is 0 Å². The van der Waals surface area contributed by atoms with Gasteiger partial charge in [0.15, 0.2) is 0 Å². The molecule has 114 valence electrons. The van der Waals surface area contributed by atoms with Crippen molar-refractivity contribution in [2.24, 2.45) is 0 Å². The molecule has 20 heavy (non-hydrogen) atoms. The van der Waals surface area contributed by atoms with Crippen LogP contribution in [0.4, 0.5) is 0 Å². The van der Waals surface area contributed by atoms with Crippen LogP contribution in [0.25, 0.3) is 0 Å². The predicted octanol–water partition coefficient (Wildman–Crippen LogP) is 2.34. The topological polar surface area (TPSA) is 70.8 Å². The largest absolute Gasteiger partial charge is 0.465 e. The molecule has 0 unspecified atom stereocenters. The van der Waals surface area contributed by atoms with Gasteiger partial charge in [0.2, 0.25) is 10.0 Å². The number of hydrogen-bond donors (Lipinski definition) is 1. The van der Waals surface area contributed by atoms with Crippen molar-refractivity contribution in [1.29, 1.82) is 0 Å². The van der Waals surface area contributed by atoms with E-state index >= 15 is 0 Å². The fourth-order valence-corrected chi connectivity index (χ4v) is 4.74. The lowest BCUT2D eigenvalue weighted by atomic mass is 10.1. The summed E-state index contributed by atoms with van der Waals surface area (Å²) in [7, 11) is -3.57. The molecule has 0 radical (unpaired) electrons. The van der Waals surface area contributed by atoms with Crippen LogP contribution in [0.15, 0.2) is 9.31 Å².